The molecule has 0 atom stereocenters. The largest absolute Gasteiger partial charge is 0.493 e. The number of para-hydroxylation sites is 1. The third-order valence-corrected chi connectivity index (χ3v) is 5.93. The first-order chi connectivity index (χ1) is 16.9. The summed E-state index contributed by atoms with van der Waals surface area (Å²) in [5.41, 5.74) is 1.99. The second-order valence-corrected chi connectivity index (χ2v) is 8.50. The number of carbonyl (C=O) groups excluding carboxylic acids is 3. The fourth-order valence-corrected chi connectivity index (χ4v) is 4.13. The summed E-state index contributed by atoms with van der Waals surface area (Å²) in [7, 11) is 1.49. The standard InChI is InChI=1S/C26H21FN2O5S/c1-33-22-13-18(9-12-21(22)34-16-17-7-10-19(27)11-8-17)14-23-25(31)29(26(32)35-23)15-24(30)28-20-5-3-2-4-6-20/h2-14H,15-16H2,1H3,(H,28,30)/b23-14+. The van der Waals surface area contributed by atoms with E-state index >= 15 is 0 Å². The van der Waals surface area contributed by atoms with Crippen molar-refractivity contribution in [1.29, 1.82) is 0 Å². The molecule has 1 heterocycles. The van der Waals surface area contributed by atoms with Crippen LogP contribution in [-0.2, 0) is 16.2 Å². The van der Waals surface area contributed by atoms with Gasteiger partial charge in [0.1, 0.15) is 19.0 Å². The average Bonchev–Trinajstić information content (AvgIpc) is 3.12. The second kappa shape index (κ2) is 10.9. The number of ether oxygens (including phenoxy) is 2. The first-order valence-corrected chi connectivity index (χ1v) is 11.4. The molecule has 7 nitrogen and oxygen atoms in total. The van der Waals surface area contributed by atoms with E-state index in [0.29, 0.717) is 22.7 Å². The van der Waals surface area contributed by atoms with Gasteiger partial charge in [0.15, 0.2) is 11.5 Å². The van der Waals surface area contributed by atoms with Crippen molar-refractivity contribution >= 4 is 40.6 Å². The van der Waals surface area contributed by atoms with E-state index in [-0.39, 0.29) is 23.9 Å². The van der Waals surface area contributed by atoms with Crippen molar-refractivity contribution in [3.8, 4) is 11.5 Å². The molecule has 4 rings (SSSR count). The number of hydrogen-bond acceptors (Lipinski definition) is 6. The second-order valence-electron chi connectivity index (χ2n) is 7.51. The van der Waals surface area contributed by atoms with Crippen molar-refractivity contribution in [3.63, 3.8) is 0 Å². The van der Waals surface area contributed by atoms with Crippen molar-refractivity contribution < 1.29 is 28.2 Å². The highest BCUT2D eigenvalue weighted by Gasteiger charge is 2.36. The van der Waals surface area contributed by atoms with Gasteiger partial charge in [-0.1, -0.05) is 36.4 Å². The molecule has 0 aromatic heterocycles. The Balaban J connectivity index is 1.42. The van der Waals surface area contributed by atoms with E-state index in [1.165, 1.54) is 19.2 Å². The van der Waals surface area contributed by atoms with E-state index in [4.69, 9.17) is 9.47 Å². The Morgan fingerprint density at radius 2 is 1.77 bits per heavy atom. The highest BCUT2D eigenvalue weighted by Crippen LogP contribution is 2.34. The first kappa shape index (κ1) is 24.0. The topological polar surface area (TPSA) is 84.9 Å². The summed E-state index contributed by atoms with van der Waals surface area (Å²) in [5, 5.41) is 2.14. The number of amides is 3. The maximum absolute atomic E-state index is 13.1. The molecule has 9 heteroatoms. The van der Waals surface area contributed by atoms with Crippen LogP contribution >= 0.6 is 11.8 Å². The number of benzene rings is 3. The lowest BCUT2D eigenvalue weighted by atomic mass is 10.1. The highest BCUT2D eigenvalue weighted by molar-refractivity contribution is 8.18. The lowest BCUT2D eigenvalue weighted by molar-refractivity contribution is -0.127. The van der Waals surface area contributed by atoms with Crippen molar-refractivity contribution in [2.45, 2.75) is 6.61 Å². The minimum Gasteiger partial charge on any atom is -0.493 e. The summed E-state index contributed by atoms with van der Waals surface area (Å²) in [5.74, 6) is -0.429. The van der Waals surface area contributed by atoms with E-state index < -0.39 is 17.1 Å². The van der Waals surface area contributed by atoms with Crippen LogP contribution in [-0.4, -0.2) is 35.6 Å². The van der Waals surface area contributed by atoms with Gasteiger partial charge in [-0.05, 0) is 65.4 Å². The number of hydrogen-bond donors (Lipinski definition) is 1. The van der Waals surface area contributed by atoms with Gasteiger partial charge in [0, 0.05) is 5.69 Å². The number of halogens is 1. The zero-order valence-electron chi connectivity index (χ0n) is 18.7. The third kappa shape index (κ3) is 6.07. The fraction of sp³-hybridized carbons (Fsp3) is 0.115. The number of imide groups is 1. The number of anilines is 1. The molecule has 35 heavy (non-hydrogen) atoms. The summed E-state index contributed by atoms with van der Waals surface area (Å²) >= 11 is 0.767. The number of thioether (sulfide) groups is 1. The van der Waals surface area contributed by atoms with Crippen LogP contribution in [0.1, 0.15) is 11.1 Å². The molecule has 0 aliphatic carbocycles. The molecule has 3 aromatic rings. The molecular weight excluding hydrogens is 471 g/mol. The van der Waals surface area contributed by atoms with Gasteiger partial charge in [-0.15, -0.1) is 0 Å². The Morgan fingerprint density at radius 3 is 2.49 bits per heavy atom. The Morgan fingerprint density at radius 1 is 1.03 bits per heavy atom. The quantitative estimate of drug-likeness (QED) is 0.441. The number of rotatable bonds is 8. The smallest absolute Gasteiger partial charge is 0.294 e. The van der Waals surface area contributed by atoms with Crippen LogP contribution in [0, 0.1) is 5.82 Å². The third-order valence-electron chi connectivity index (χ3n) is 5.03. The van der Waals surface area contributed by atoms with E-state index in [9.17, 15) is 18.8 Å². The van der Waals surface area contributed by atoms with Crippen LogP contribution < -0.4 is 14.8 Å². The predicted octanol–water partition coefficient (Wildman–Crippen LogP) is 5.09. The first-order valence-electron chi connectivity index (χ1n) is 10.6. The van der Waals surface area contributed by atoms with Crippen LogP contribution in [0.2, 0.25) is 0 Å². The van der Waals surface area contributed by atoms with Crippen molar-refractivity contribution in [2.24, 2.45) is 0 Å². The monoisotopic (exact) mass is 492 g/mol. The van der Waals surface area contributed by atoms with E-state index in [0.717, 1.165) is 22.2 Å². The van der Waals surface area contributed by atoms with Crippen molar-refractivity contribution in [2.75, 3.05) is 19.0 Å². The number of nitrogens with one attached hydrogen (secondary N) is 1. The molecule has 0 spiro atoms. The van der Waals surface area contributed by atoms with Crippen LogP contribution in [0.5, 0.6) is 11.5 Å². The van der Waals surface area contributed by atoms with Crippen molar-refractivity contribution in [1.82, 2.24) is 4.90 Å². The number of carbonyl (C=O) groups is 3. The van der Waals surface area contributed by atoms with Crippen LogP contribution in [0.3, 0.4) is 0 Å². The van der Waals surface area contributed by atoms with E-state index in [1.807, 2.05) is 6.07 Å². The number of methoxy groups -OCH3 is 1. The van der Waals surface area contributed by atoms with Crippen LogP contribution in [0.15, 0.2) is 77.7 Å². The van der Waals surface area contributed by atoms with Gasteiger partial charge in [-0.25, -0.2) is 4.39 Å². The molecular formula is C26H21FN2O5S. The SMILES string of the molecule is COc1cc(/C=C2/SC(=O)N(CC(=O)Nc3ccccc3)C2=O)ccc1OCc1ccc(F)cc1. The molecule has 0 radical (unpaired) electrons. The Hall–Kier alpha value is -4.11. The van der Waals surface area contributed by atoms with Crippen molar-refractivity contribution in [3.05, 3.63) is 94.6 Å². The summed E-state index contributed by atoms with van der Waals surface area (Å²) in [6, 6.07) is 19.8. The van der Waals surface area contributed by atoms with Crippen LogP contribution in [0.4, 0.5) is 14.9 Å². The summed E-state index contributed by atoms with van der Waals surface area (Å²) in [6.07, 6.45) is 1.56. The minimum absolute atomic E-state index is 0.199. The van der Waals surface area contributed by atoms with E-state index in [2.05, 4.69) is 5.32 Å². The zero-order chi connectivity index (χ0) is 24.8. The lowest BCUT2D eigenvalue weighted by Crippen LogP contribution is -2.36. The molecule has 1 saturated heterocycles. The summed E-state index contributed by atoms with van der Waals surface area (Å²) in [4.78, 5) is 38.5. The molecule has 1 fully saturated rings. The van der Waals surface area contributed by atoms with E-state index in [1.54, 1.807) is 60.7 Å². The molecule has 178 valence electrons. The highest BCUT2D eigenvalue weighted by atomic mass is 32.2. The van der Waals surface area contributed by atoms with Gasteiger partial charge in [0.25, 0.3) is 11.1 Å². The summed E-state index contributed by atoms with van der Waals surface area (Å²) in [6.45, 7) is -0.156. The van der Waals surface area contributed by atoms with Gasteiger partial charge >= 0.3 is 0 Å². The van der Waals surface area contributed by atoms with Gasteiger partial charge < -0.3 is 14.8 Å². The number of nitrogens with zero attached hydrogens (tertiary/aromatic N) is 1. The molecule has 1 aliphatic rings. The molecule has 0 bridgehead atoms. The zero-order valence-corrected chi connectivity index (χ0v) is 19.5. The van der Waals surface area contributed by atoms with Gasteiger partial charge in [-0.2, -0.15) is 0 Å². The van der Waals surface area contributed by atoms with Gasteiger partial charge in [-0.3, -0.25) is 19.3 Å². The maximum Gasteiger partial charge on any atom is 0.294 e. The van der Waals surface area contributed by atoms with Gasteiger partial charge in [0.05, 0.1) is 12.0 Å². The Kier molecular flexibility index (Phi) is 7.47. The van der Waals surface area contributed by atoms with Crippen LogP contribution in [0.25, 0.3) is 6.08 Å². The van der Waals surface area contributed by atoms with Gasteiger partial charge in [0.2, 0.25) is 5.91 Å². The predicted molar refractivity (Wildman–Crippen MR) is 131 cm³/mol. The fourth-order valence-electron chi connectivity index (χ4n) is 3.29. The molecule has 0 unspecified atom stereocenters. The maximum atomic E-state index is 13.1. The summed E-state index contributed by atoms with van der Waals surface area (Å²) < 4.78 is 24.3. The average molecular weight is 493 g/mol. The Bertz CT molecular complexity index is 1280. The molecule has 0 saturated carbocycles. The molecule has 3 aromatic carbocycles. The normalized spacial score (nSPS) is 14.3. The Labute approximate surface area is 205 Å². The minimum atomic E-state index is -0.543. The molecule has 3 amide bonds. The molecule has 1 aliphatic heterocycles. The molecule has 1 N–H and O–H groups in total. The lowest BCUT2D eigenvalue weighted by Gasteiger charge is -2.12.